The van der Waals surface area contributed by atoms with Crippen molar-refractivity contribution >= 4 is 11.9 Å². The van der Waals surface area contributed by atoms with Crippen LogP contribution in [0.25, 0.3) is 0 Å². The lowest BCUT2D eigenvalue weighted by Gasteiger charge is -2.38. The van der Waals surface area contributed by atoms with E-state index < -0.39 is 17.7 Å². The van der Waals surface area contributed by atoms with Crippen molar-refractivity contribution in [3.63, 3.8) is 0 Å². The van der Waals surface area contributed by atoms with Gasteiger partial charge in [-0.2, -0.15) is 13.2 Å². The van der Waals surface area contributed by atoms with Crippen LogP contribution in [0.15, 0.2) is 30.3 Å². The minimum absolute atomic E-state index is 0.0341. The van der Waals surface area contributed by atoms with Gasteiger partial charge >= 0.3 is 12.2 Å². The molecule has 1 aliphatic rings. The highest BCUT2D eigenvalue weighted by molar-refractivity contribution is 5.77. The number of nitrogens with zero attached hydrogens (tertiary/aromatic N) is 2. The molecule has 24 heavy (non-hydrogen) atoms. The summed E-state index contributed by atoms with van der Waals surface area (Å²) in [6, 6.07) is 6.49. The van der Waals surface area contributed by atoms with E-state index in [1.54, 1.807) is 11.0 Å². The average molecular weight is 343 g/mol. The predicted molar refractivity (Wildman–Crippen MR) is 82.2 cm³/mol. The van der Waals surface area contributed by atoms with Gasteiger partial charge in [0, 0.05) is 33.1 Å². The summed E-state index contributed by atoms with van der Waals surface area (Å²) < 4.78 is 40.8. The first kappa shape index (κ1) is 18.1. The zero-order valence-corrected chi connectivity index (χ0v) is 13.6. The summed E-state index contributed by atoms with van der Waals surface area (Å²) in [5, 5.41) is 2.12. The summed E-state index contributed by atoms with van der Waals surface area (Å²) in [5.74, 6) is -0.112. The van der Waals surface area contributed by atoms with Crippen molar-refractivity contribution in [2.45, 2.75) is 25.6 Å². The van der Waals surface area contributed by atoms with Gasteiger partial charge in [-0.15, -0.1) is 0 Å². The van der Waals surface area contributed by atoms with Crippen molar-refractivity contribution in [3.05, 3.63) is 35.9 Å². The second kappa shape index (κ2) is 6.70. The van der Waals surface area contributed by atoms with Crippen LogP contribution in [0.1, 0.15) is 19.4 Å². The van der Waals surface area contributed by atoms with E-state index in [0.29, 0.717) is 13.1 Å². The van der Waals surface area contributed by atoms with Gasteiger partial charge in [0.15, 0.2) is 5.54 Å². The van der Waals surface area contributed by atoms with E-state index in [1.807, 2.05) is 0 Å². The Bertz CT molecular complexity index is 598. The molecule has 1 aromatic carbocycles. The monoisotopic (exact) mass is 343 g/mol. The highest BCUT2D eigenvalue weighted by Gasteiger charge is 2.53. The molecule has 5 nitrogen and oxygen atoms in total. The van der Waals surface area contributed by atoms with E-state index in [9.17, 15) is 22.8 Å². The van der Waals surface area contributed by atoms with Crippen molar-refractivity contribution in [2.24, 2.45) is 0 Å². The Morgan fingerprint density at radius 1 is 1.00 bits per heavy atom. The van der Waals surface area contributed by atoms with Gasteiger partial charge in [0.2, 0.25) is 5.91 Å². The van der Waals surface area contributed by atoms with Crippen LogP contribution in [0.2, 0.25) is 0 Å². The first-order valence-corrected chi connectivity index (χ1v) is 7.60. The van der Waals surface area contributed by atoms with Crippen LogP contribution in [0.3, 0.4) is 0 Å². The number of hydrogen-bond acceptors (Lipinski definition) is 2. The Kier molecular flexibility index (Phi) is 5.05. The first-order valence-electron chi connectivity index (χ1n) is 7.60. The molecule has 2 rings (SSSR count). The highest BCUT2D eigenvalue weighted by atomic mass is 19.4. The molecular formula is C16H20F3N3O2. The highest BCUT2D eigenvalue weighted by Crippen LogP contribution is 2.38. The van der Waals surface area contributed by atoms with Gasteiger partial charge < -0.3 is 15.1 Å². The number of nitrogens with one attached hydrogen (secondary N) is 1. The standard InChI is InChI=1S/C16H20F3N3O2/c1-12(23)21-8-10-22(11-9-21)14(24)20-15(2,16(17,18)19)13-6-4-3-5-7-13/h3-7H,8-11H2,1-2H3,(H,20,24). The molecule has 0 aromatic heterocycles. The summed E-state index contributed by atoms with van der Waals surface area (Å²) in [5.41, 5.74) is -2.52. The molecule has 132 valence electrons. The topological polar surface area (TPSA) is 52.7 Å². The minimum Gasteiger partial charge on any atom is -0.339 e. The molecule has 0 saturated carbocycles. The Labute approximate surface area is 138 Å². The molecule has 3 amide bonds. The van der Waals surface area contributed by atoms with Crippen molar-refractivity contribution < 1.29 is 22.8 Å². The number of benzene rings is 1. The number of piperazine rings is 1. The maximum Gasteiger partial charge on any atom is 0.415 e. The van der Waals surface area contributed by atoms with Gasteiger partial charge in [-0.3, -0.25) is 4.79 Å². The summed E-state index contributed by atoms with van der Waals surface area (Å²) in [6.07, 6.45) is -4.65. The summed E-state index contributed by atoms with van der Waals surface area (Å²) in [7, 11) is 0. The molecular weight excluding hydrogens is 323 g/mol. The molecule has 1 aliphatic heterocycles. The molecule has 0 bridgehead atoms. The number of halogens is 3. The fraction of sp³-hybridized carbons (Fsp3) is 0.500. The van der Waals surface area contributed by atoms with E-state index >= 15 is 0 Å². The molecule has 1 unspecified atom stereocenters. The van der Waals surface area contributed by atoms with Gasteiger partial charge in [0.05, 0.1) is 0 Å². The first-order chi connectivity index (χ1) is 11.1. The van der Waals surface area contributed by atoms with Gasteiger partial charge in [-0.05, 0) is 12.5 Å². The van der Waals surface area contributed by atoms with E-state index in [1.165, 1.54) is 36.1 Å². The van der Waals surface area contributed by atoms with Crippen LogP contribution >= 0.6 is 0 Å². The summed E-state index contributed by atoms with van der Waals surface area (Å²) in [4.78, 5) is 26.5. The largest absolute Gasteiger partial charge is 0.415 e. The van der Waals surface area contributed by atoms with Gasteiger partial charge in [0.25, 0.3) is 0 Å². The zero-order valence-electron chi connectivity index (χ0n) is 13.6. The van der Waals surface area contributed by atoms with E-state index in [2.05, 4.69) is 5.32 Å². The molecule has 1 atom stereocenters. The minimum atomic E-state index is -4.65. The van der Waals surface area contributed by atoms with Crippen molar-refractivity contribution in [1.82, 2.24) is 15.1 Å². The third-order valence-electron chi connectivity index (χ3n) is 4.29. The number of carbonyl (C=O) groups is 2. The van der Waals surface area contributed by atoms with Gasteiger partial charge in [-0.25, -0.2) is 4.79 Å². The normalized spacial score (nSPS) is 18.0. The number of carbonyl (C=O) groups excluding carboxylic acids is 2. The zero-order chi connectivity index (χ0) is 18.0. The molecule has 0 spiro atoms. The van der Waals surface area contributed by atoms with Crippen LogP contribution in [-0.4, -0.2) is 54.1 Å². The van der Waals surface area contributed by atoms with Crippen LogP contribution in [0.4, 0.5) is 18.0 Å². The molecule has 1 aromatic rings. The van der Waals surface area contributed by atoms with Gasteiger partial charge in [0.1, 0.15) is 0 Å². The Morgan fingerprint density at radius 2 is 1.50 bits per heavy atom. The second-order valence-electron chi connectivity index (χ2n) is 5.91. The predicted octanol–water partition coefficient (Wildman–Crippen LogP) is 2.34. The second-order valence-corrected chi connectivity index (χ2v) is 5.91. The average Bonchev–Trinajstić information content (AvgIpc) is 2.54. The Morgan fingerprint density at radius 3 is 1.96 bits per heavy atom. The SMILES string of the molecule is CC(=O)N1CCN(C(=O)NC(C)(c2ccccc2)C(F)(F)F)CC1. The summed E-state index contributed by atoms with van der Waals surface area (Å²) >= 11 is 0. The lowest BCUT2D eigenvalue weighted by molar-refractivity contribution is -0.192. The van der Waals surface area contributed by atoms with Crippen molar-refractivity contribution in [3.8, 4) is 0 Å². The molecule has 8 heteroatoms. The van der Waals surface area contributed by atoms with Crippen LogP contribution < -0.4 is 5.32 Å². The van der Waals surface area contributed by atoms with Crippen LogP contribution in [0, 0.1) is 0 Å². The Balaban J connectivity index is 2.14. The third kappa shape index (κ3) is 3.63. The fourth-order valence-corrected chi connectivity index (χ4v) is 2.60. The smallest absolute Gasteiger partial charge is 0.339 e. The van der Waals surface area contributed by atoms with E-state index in [4.69, 9.17) is 0 Å². The number of hydrogen-bond donors (Lipinski definition) is 1. The molecule has 1 N–H and O–H groups in total. The number of alkyl halides is 3. The number of amides is 3. The molecule has 0 radical (unpaired) electrons. The van der Waals surface area contributed by atoms with E-state index in [0.717, 1.165) is 6.92 Å². The summed E-state index contributed by atoms with van der Waals surface area (Å²) in [6.45, 7) is 3.41. The molecule has 1 saturated heterocycles. The van der Waals surface area contributed by atoms with E-state index in [-0.39, 0.29) is 24.6 Å². The third-order valence-corrected chi connectivity index (χ3v) is 4.29. The Hall–Kier alpha value is -2.25. The number of rotatable bonds is 2. The molecule has 0 aliphatic carbocycles. The lowest BCUT2D eigenvalue weighted by atomic mass is 9.91. The maximum absolute atomic E-state index is 13.6. The van der Waals surface area contributed by atoms with Crippen molar-refractivity contribution in [1.29, 1.82) is 0 Å². The molecule has 1 heterocycles. The van der Waals surface area contributed by atoms with Gasteiger partial charge in [-0.1, -0.05) is 30.3 Å². The van der Waals surface area contributed by atoms with Crippen LogP contribution in [-0.2, 0) is 10.3 Å². The van der Waals surface area contributed by atoms with Crippen molar-refractivity contribution in [2.75, 3.05) is 26.2 Å². The van der Waals surface area contributed by atoms with Crippen LogP contribution in [0.5, 0.6) is 0 Å². The maximum atomic E-state index is 13.6. The lowest BCUT2D eigenvalue weighted by Crippen LogP contribution is -2.60. The number of urea groups is 1. The quantitative estimate of drug-likeness (QED) is 0.896. The fourth-order valence-electron chi connectivity index (χ4n) is 2.60. The molecule has 1 fully saturated rings.